The molecule has 1 amide bonds. The van der Waals surface area contributed by atoms with E-state index in [1.165, 1.54) is 7.11 Å². The second kappa shape index (κ2) is 10.2. The van der Waals surface area contributed by atoms with Gasteiger partial charge in [0.05, 0.1) is 17.8 Å². The van der Waals surface area contributed by atoms with Crippen molar-refractivity contribution < 1.29 is 28.6 Å². The molecule has 0 radical (unpaired) electrons. The predicted molar refractivity (Wildman–Crippen MR) is 134 cm³/mol. The quantitative estimate of drug-likeness (QED) is 0.555. The van der Waals surface area contributed by atoms with Gasteiger partial charge >= 0.3 is 0 Å². The van der Waals surface area contributed by atoms with Crippen molar-refractivity contribution in [3.63, 3.8) is 0 Å². The normalized spacial score (nSPS) is 17.8. The van der Waals surface area contributed by atoms with E-state index in [1.807, 2.05) is 6.07 Å². The third-order valence-corrected chi connectivity index (χ3v) is 6.97. The fourth-order valence-electron chi connectivity index (χ4n) is 5.04. The number of anilines is 1. The van der Waals surface area contributed by atoms with Crippen molar-refractivity contribution in [2.75, 3.05) is 19.0 Å². The minimum atomic E-state index is -0.496. The topological polar surface area (TPSA) is 90.9 Å². The zero-order chi connectivity index (χ0) is 25.2. The van der Waals surface area contributed by atoms with Crippen LogP contribution in [0.3, 0.4) is 0 Å². The van der Waals surface area contributed by atoms with Gasteiger partial charge in [-0.25, -0.2) is 0 Å². The molecule has 0 bridgehead atoms. The summed E-state index contributed by atoms with van der Waals surface area (Å²) in [7, 11) is 1.53. The molecule has 3 aliphatic rings. The number of amides is 1. The number of hydrogen-bond donors (Lipinski definition) is 1. The Morgan fingerprint density at radius 2 is 1.64 bits per heavy atom. The number of carbonyl (C=O) groups excluding carboxylic acids is 3. The van der Waals surface area contributed by atoms with Crippen LogP contribution in [-0.4, -0.2) is 31.2 Å². The first-order chi connectivity index (χ1) is 17.5. The van der Waals surface area contributed by atoms with E-state index in [9.17, 15) is 14.4 Å². The Balaban J connectivity index is 1.37. The molecule has 0 atom stereocenters. The van der Waals surface area contributed by atoms with Crippen molar-refractivity contribution in [1.82, 2.24) is 0 Å². The number of ether oxygens (including phenoxy) is 3. The molecule has 8 heteroatoms. The minimum Gasteiger partial charge on any atom is -0.495 e. The predicted octanol–water partition coefficient (Wildman–Crippen LogP) is 5.49. The Labute approximate surface area is 214 Å². The van der Waals surface area contributed by atoms with Gasteiger partial charge in [-0.1, -0.05) is 29.8 Å². The maximum absolute atomic E-state index is 12.9. The number of rotatable bonds is 6. The summed E-state index contributed by atoms with van der Waals surface area (Å²) in [5.41, 5.74) is 2.41. The molecule has 0 spiro atoms. The van der Waals surface area contributed by atoms with Crippen molar-refractivity contribution in [3.05, 3.63) is 75.7 Å². The van der Waals surface area contributed by atoms with Gasteiger partial charge in [0.1, 0.15) is 23.0 Å². The van der Waals surface area contributed by atoms with Gasteiger partial charge in [0.15, 0.2) is 18.2 Å². The summed E-state index contributed by atoms with van der Waals surface area (Å²) in [4.78, 5) is 38.3. The van der Waals surface area contributed by atoms with Crippen molar-refractivity contribution in [2.45, 2.75) is 44.4 Å². The molecule has 0 fully saturated rings. The third kappa shape index (κ3) is 4.63. The molecule has 1 aliphatic heterocycles. The van der Waals surface area contributed by atoms with Crippen molar-refractivity contribution in [1.29, 1.82) is 0 Å². The second-order valence-corrected chi connectivity index (χ2v) is 9.40. The fraction of sp³-hybridized carbons (Fsp3) is 0.321. The lowest BCUT2D eigenvalue weighted by atomic mass is 9.73. The minimum absolute atomic E-state index is 0.00985. The number of benzene rings is 2. The molecular weight excluding hydrogens is 482 g/mol. The SMILES string of the molecule is COc1ccccc1NC(=O)COc1ccc(C2C3=C(CCCC3=O)OC3=C2C(=O)CCC3)cc1Cl. The highest BCUT2D eigenvalue weighted by molar-refractivity contribution is 6.32. The van der Waals surface area contributed by atoms with Gasteiger partial charge in [-0.15, -0.1) is 0 Å². The number of halogens is 1. The van der Waals surface area contributed by atoms with Gasteiger partial charge < -0.3 is 19.5 Å². The number of Topliss-reactive ketones (excluding diaryl/α,β-unsaturated/α-hetero) is 2. The fourth-order valence-corrected chi connectivity index (χ4v) is 5.29. The molecule has 0 saturated heterocycles. The average Bonchev–Trinajstić information content (AvgIpc) is 2.87. The molecule has 1 N–H and O–H groups in total. The van der Waals surface area contributed by atoms with E-state index >= 15 is 0 Å². The van der Waals surface area contributed by atoms with Crippen LogP contribution in [0.1, 0.15) is 50.0 Å². The van der Waals surface area contributed by atoms with Crippen molar-refractivity contribution in [2.24, 2.45) is 0 Å². The first-order valence-corrected chi connectivity index (χ1v) is 12.4. The highest BCUT2D eigenvalue weighted by Gasteiger charge is 2.41. The molecule has 0 aromatic heterocycles. The maximum atomic E-state index is 12.9. The Kier molecular flexibility index (Phi) is 6.83. The van der Waals surface area contributed by atoms with E-state index < -0.39 is 5.92 Å². The monoisotopic (exact) mass is 507 g/mol. The van der Waals surface area contributed by atoms with Gasteiger partial charge in [0.2, 0.25) is 0 Å². The Morgan fingerprint density at radius 1 is 0.972 bits per heavy atom. The number of para-hydroxylation sites is 2. The molecule has 0 saturated carbocycles. The van der Waals surface area contributed by atoms with Gasteiger partial charge in [-0.2, -0.15) is 0 Å². The zero-order valence-corrected chi connectivity index (χ0v) is 20.7. The third-order valence-electron chi connectivity index (χ3n) is 6.67. The van der Waals surface area contributed by atoms with Gasteiger partial charge in [-0.05, 0) is 42.7 Å². The maximum Gasteiger partial charge on any atom is 0.262 e. The largest absolute Gasteiger partial charge is 0.495 e. The van der Waals surface area contributed by atoms with Crippen LogP contribution in [0, 0.1) is 0 Å². The summed E-state index contributed by atoms with van der Waals surface area (Å²) in [5.74, 6) is 1.38. The van der Waals surface area contributed by atoms with Crippen molar-refractivity contribution in [3.8, 4) is 11.5 Å². The van der Waals surface area contributed by atoms with Crippen LogP contribution in [0.2, 0.25) is 5.02 Å². The van der Waals surface area contributed by atoms with Gasteiger partial charge in [0, 0.05) is 42.7 Å². The van der Waals surface area contributed by atoms with Crippen LogP contribution >= 0.6 is 11.6 Å². The number of nitrogens with one attached hydrogen (secondary N) is 1. The molecule has 1 heterocycles. The average molecular weight is 508 g/mol. The van der Waals surface area contributed by atoms with E-state index in [0.717, 1.165) is 18.4 Å². The summed E-state index contributed by atoms with van der Waals surface area (Å²) < 4.78 is 17.0. The van der Waals surface area contributed by atoms with Crippen LogP contribution in [-0.2, 0) is 19.1 Å². The molecule has 0 unspecified atom stereocenters. The van der Waals surface area contributed by atoms with Crippen molar-refractivity contribution >= 4 is 34.8 Å². The van der Waals surface area contributed by atoms with E-state index in [1.54, 1.807) is 36.4 Å². The molecular formula is C28H26ClNO6. The molecule has 2 aromatic carbocycles. The lowest BCUT2D eigenvalue weighted by Crippen LogP contribution is -2.30. The van der Waals surface area contributed by atoms with E-state index in [-0.39, 0.29) is 24.1 Å². The zero-order valence-electron chi connectivity index (χ0n) is 19.9. The molecule has 5 rings (SSSR count). The first-order valence-electron chi connectivity index (χ1n) is 12.0. The lowest BCUT2D eigenvalue weighted by Gasteiger charge is -2.36. The lowest BCUT2D eigenvalue weighted by molar-refractivity contribution is -0.119. The summed E-state index contributed by atoms with van der Waals surface area (Å²) >= 11 is 6.55. The highest BCUT2D eigenvalue weighted by atomic mass is 35.5. The highest BCUT2D eigenvalue weighted by Crippen LogP contribution is 2.48. The summed E-state index contributed by atoms with van der Waals surface area (Å²) in [6.07, 6.45) is 3.71. The number of methoxy groups -OCH3 is 1. The number of allylic oxidation sites excluding steroid dienone is 4. The van der Waals surface area contributed by atoms with Crippen LogP contribution < -0.4 is 14.8 Å². The molecule has 7 nitrogen and oxygen atoms in total. The van der Waals surface area contributed by atoms with Gasteiger partial charge in [0.25, 0.3) is 5.91 Å². The summed E-state index contributed by atoms with van der Waals surface area (Å²) in [6.45, 7) is -0.254. The van der Waals surface area contributed by atoms with E-state index in [4.69, 9.17) is 25.8 Å². The van der Waals surface area contributed by atoms with E-state index in [0.29, 0.717) is 70.6 Å². The molecule has 2 aliphatic carbocycles. The Hall–Kier alpha value is -3.58. The van der Waals surface area contributed by atoms with Gasteiger partial charge in [-0.3, -0.25) is 14.4 Å². The number of carbonyl (C=O) groups is 3. The Bertz CT molecular complexity index is 1270. The molecule has 36 heavy (non-hydrogen) atoms. The first kappa shape index (κ1) is 24.1. The van der Waals surface area contributed by atoms with E-state index in [2.05, 4.69) is 5.32 Å². The van der Waals surface area contributed by atoms with Crippen LogP contribution in [0.5, 0.6) is 11.5 Å². The van der Waals surface area contributed by atoms with Crippen LogP contribution in [0.4, 0.5) is 5.69 Å². The van der Waals surface area contributed by atoms with Crippen LogP contribution in [0.15, 0.2) is 65.1 Å². The summed E-state index contributed by atoms with van der Waals surface area (Å²) in [6, 6.07) is 12.3. The standard InChI is InChI=1S/C28H26ClNO6/c1-34-22-9-3-2-6-18(22)30-25(33)15-35-21-13-12-16(14-17(21)29)26-27-19(31)7-4-10-23(27)36-24-11-5-8-20(32)28(24)26/h2-3,6,9,12-14,26H,4-5,7-8,10-11,15H2,1H3,(H,30,33). The smallest absolute Gasteiger partial charge is 0.262 e. The Morgan fingerprint density at radius 3 is 2.28 bits per heavy atom. The number of hydrogen-bond acceptors (Lipinski definition) is 6. The second-order valence-electron chi connectivity index (χ2n) is 8.99. The molecule has 186 valence electrons. The summed E-state index contributed by atoms with van der Waals surface area (Å²) in [5, 5.41) is 3.04. The van der Waals surface area contributed by atoms with Crippen LogP contribution in [0.25, 0.3) is 0 Å². The molecule has 2 aromatic rings. The number of ketones is 2.